The van der Waals surface area contributed by atoms with Gasteiger partial charge in [0.05, 0.1) is 5.56 Å². The number of hydrogen-bond acceptors (Lipinski definition) is 7. The number of nitrogens with one attached hydrogen (secondary N) is 1. The van der Waals surface area contributed by atoms with Crippen LogP contribution in [-0.2, 0) is 18.9 Å². The molecule has 0 radical (unpaired) electrons. The third-order valence-electron chi connectivity index (χ3n) is 4.92. The van der Waals surface area contributed by atoms with Crippen LogP contribution in [0.25, 0.3) is 0 Å². The van der Waals surface area contributed by atoms with Crippen LogP contribution in [0.1, 0.15) is 36.0 Å². The van der Waals surface area contributed by atoms with Gasteiger partial charge in [0.2, 0.25) is 0 Å². The van der Waals surface area contributed by atoms with E-state index in [0.717, 1.165) is 5.56 Å². The van der Waals surface area contributed by atoms with Crippen molar-refractivity contribution in [2.24, 2.45) is 0 Å². The van der Waals surface area contributed by atoms with E-state index in [-0.39, 0.29) is 6.61 Å². The number of aromatic nitrogens is 2. The zero-order valence-corrected chi connectivity index (χ0v) is 16.3. The molecule has 0 bridgehead atoms. The summed E-state index contributed by atoms with van der Waals surface area (Å²) in [5.41, 5.74) is 0.346. The van der Waals surface area contributed by atoms with Gasteiger partial charge >= 0.3 is 11.7 Å². The van der Waals surface area contributed by atoms with Crippen LogP contribution in [0, 0.1) is 6.92 Å². The van der Waals surface area contributed by atoms with Crippen molar-refractivity contribution >= 4 is 5.97 Å². The molecule has 2 aliphatic heterocycles. The van der Waals surface area contributed by atoms with Crippen molar-refractivity contribution in [1.82, 2.24) is 9.55 Å². The van der Waals surface area contributed by atoms with Crippen LogP contribution < -0.4 is 11.2 Å². The maximum Gasteiger partial charge on any atom is 0.338 e. The molecule has 2 fully saturated rings. The number of nitrogens with zero attached hydrogens (tertiary/aromatic N) is 1. The minimum Gasteiger partial charge on any atom is -0.459 e. The van der Waals surface area contributed by atoms with Gasteiger partial charge < -0.3 is 18.9 Å². The summed E-state index contributed by atoms with van der Waals surface area (Å²) in [6.45, 7) is 5.38. The molecule has 9 nitrogen and oxygen atoms in total. The van der Waals surface area contributed by atoms with Gasteiger partial charge in [0.15, 0.2) is 12.0 Å². The Morgan fingerprint density at radius 1 is 1.14 bits per heavy atom. The lowest BCUT2D eigenvalue weighted by Gasteiger charge is -2.24. The summed E-state index contributed by atoms with van der Waals surface area (Å²) in [6.07, 6.45) is -1.26. The summed E-state index contributed by atoms with van der Waals surface area (Å²) in [6, 6.07) is 8.26. The van der Waals surface area contributed by atoms with Gasteiger partial charge in [-0.2, -0.15) is 0 Å². The Kier molecular flexibility index (Phi) is 4.89. The number of rotatable bonds is 4. The largest absolute Gasteiger partial charge is 0.459 e. The smallest absolute Gasteiger partial charge is 0.338 e. The van der Waals surface area contributed by atoms with E-state index in [1.165, 1.54) is 16.8 Å². The predicted molar refractivity (Wildman–Crippen MR) is 101 cm³/mol. The molecule has 0 saturated carbocycles. The van der Waals surface area contributed by atoms with Crippen molar-refractivity contribution in [2.75, 3.05) is 6.61 Å². The van der Waals surface area contributed by atoms with Gasteiger partial charge in [0.1, 0.15) is 24.9 Å². The topological polar surface area (TPSA) is 109 Å². The van der Waals surface area contributed by atoms with E-state index in [1.54, 1.807) is 26.0 Å². The second-order valence-electron chi connectivity index (χ2n) is 7.61. The molecule has 2 aromatic rings. The van der Waals surface area contributed by atoms with Crippen LogP contribution in [0.3, 0.4) is 0 Å². The first kappa shape index (κ1) is 19.6. The molecule has 154 valence electrons. The highest BCUT2D eigenvalue weighted by Gasteiger charge is 2.56. The third kappa shape index (κ3) is 3.89. The van der Waals surface area contributed by atoms with Crippen molar-refractivity contribution in [2.45, 2.75) is 51.1 Å². The predicted octanol–water partition coefficient (Wildman–Crippen LogP) is 1.12. The second kappa shape index (κ2) is 7.25. The molecule has 2 aliphatic rings. The van der Waals surface area contributed by atoms with Gasteiger partial charge in [-0.15, -0.1) is 0 Å². The fourth-order valence-corrected chi connectivity index (χ4v) is 3.58. The molecular formula is C20H22N2O7. The van der Waals surface area contributed by atoms with Crippen molar-refractivity contribution < 1.29 is 23.7 Å². The molecule has 29 heavy (non-hydrogen) atoms. The zero-order valence-electron chi connectivity index (χ0n) is 16.3. The Hall–Kier alpha value is -2.75. The first-order chi connectivity index (χ1) is 13.7. The number of benzene rings is 1. The lowest BCUT2D eigenvalue weighted by Crippen LogP contribution is -2.37. The van der Waals surface area contributed by atoms with E-state index < -0.39 is 47.5 Å². The Morgan fingerprint density at radius 3 is 2.52 bits per heavy atom. The van der Waals surface area contributed by atoms with Gasteiger partial charge in [0.25, 0.3) is 5.56 Å². The fourth-order valence-electron chi connectivity index (χ4n) is 3.58. The molecular weight excluding hydrogens is 380 g/mol. The molecule has 4 rings (SSSR count). The molecule has 0 spiro atoms. The van der Waals surface area contributed by atoms with Crippen molar-refractivity contribution in [3.8, 4) is 0 Å². The second-order valence-corrected chi connectivity index (χ2v) is 7.61. The highest BCUT2D eigenvalue weighted by atomic mass is 16.8. The average molecular weight is 402 g/mol. The molecule has 0 unspecified atom stereocenters. The van der Waals surface area contributed by atoms with Crippen LogP contribution in [0.4, 0.5) is 0 Å². The van der Waals surface area contributed by atoms with Crippen LogP contribution in [0.5, 0.6) is 0 Å². The standard InChI is InChI=1S/C20H22N2O7/c1-11-4-6-12(7-5-11)18(24)26-10-13-15-16(29-20(2,3)28-15)17(27-13)22-9-8-14(23)21-19(22)25/h4-9,13,15-17H,10H2,1-3H3,(H,21,23,25)/t13-,15-,16-,17+/m1/s1. The third-order valence-corrected chi connectivity index (χ3v) is 4.92. The first-order valence-electron chi connectivity index (χ1n) is 9.30. The summed E-state index contributed by atoms with van der Waals surface area (Å²) >= 11 is 0. The number of carbonyl (C=O) groups excluding carboxylic acids is 1. The normalized spacial score (nSPS) is 27.6. The molecule has 3 heterocycles. The lowest BCUT2D eigenvalue weighted by molar-refractivity contribution is -0.200. The van der Waals surface area contributed by atoms with Crippen LogP contribution in [0.15, 0.2) is 46.1 Å². The van der Waals surface area contributed by atoms with Crippen molar-refractivity contribution in [1.29, 1.82) is 0 Å². The van der Waals surface area contributed by atoms with Crippen LogP contribution >= 0.6 is 0 Å². The summed E-state index contributed by atoms with van der Waals surface area (Å²) in [4.78, 5) is 38.1. The highest BCUT2D eigenvalue weighted by molar-refractivity contribution is 5.89. The molecule has 4 atom stereocenters. The number of aromatic amines is 1. The van der Waals surface area contributed by atoms with Gasteiger partial charge in [-0.25, -0.2) is 9.59 Å². The molecule has 0 aliphatic carbocycles. The van der Waals surface area contributed by atoms with Crippen molar-refractivity contribution in [3.05, 3.63) is 68.5 Å². The maximum atomic E-state index is 12.3. The lowest BCUT2D eigenvalue weighted by atomic mass is 10.1. The van der Waals surface area contributed by atoms with E-state index in [1.807, 2.05) is 19.1 Å². The number of fused-ring (bicyclic) bond motifs is 1. The number of aryl methyl sites for hydroxylation is 1. The summed E-state index contributed by atoms with van der Waals surface area (Å²) < 4.78 is 24.5. The molecule has 2 saturated heterocycles. The van der Waals surface area contributed by atoms with Gasteiger partial charge in [-0.3, -0.25) is 14.3 Å². The molecule has 1 aromatic carbocycles. The van der Waals surface area contributed by atoms with E-state index >= 15 is 0 Å². The number of ether oxygens (including phenoxy) is 4. The maximum absolute atomic E-state index is 12.3. The summed E-state index contributed by atoms with van der Waals surface area (Å²) in [5.74, 6) is -1.37. The minimum atomic E-state index is -0.887. The van der Waals surface area contributed by atoms with E-state index in [0.29, 0.717) is 5.56 Å². The number of hydrogen-bond donors (Lipinski definition) is 1. The van der Waals surface area contributed by atoms with E-state index in [4.69, 9.17) is 18.9 Å². The summed E-state index contributed by atoms with van der Waals surface area (Å²) in [5, 5.41) is 0. The first-order valence-corrected chi connectivity index (χ1v) is 9.30. The SMILES string of the molecule is Cc1ccc(C(=O)OC[C@H]2O[C@H](n3ccc(=O)[nH]c3=O)[C@@H]3OC(C)(C)O[C@@H]32)cc1. The van der Waals surface area contributed by atoms with E-state index in [9.17, 15) is 14.4 Å². The molecule has 1 N–H and O–H groups in total. The Balaban J connectivity index is 1.53. The summed E-state index contributed by atoms with van der Waals surface area (Å²) in [7, 11) is 0. The average Bonchev–Trinajstić information content (AvgIpc) is 3.14. The Bertz CT molecular complexity index is 1020. The Morgan fingerprint density at radius 2 is 1.83 bits per heavy atom. The monoisotopic (exact) mass is 402 g/mol. The number of H-pyrrole nitrogens is 1. The van der Waals surface area contributed by atoms with Crippen LogP contribution in [0.2, 0.25) is 0 Å². The quantitative estimate of drug-likeness (QED) is 0.764. The van der Waals surface area contributed by atoms with Gasteiger partial charge in [-0.05, 0) is 32.9 Å². The van der Waals surface area contributed by atoms with Crippen LogP contribution in [-0.4, -0.2) is 46.2 Å². The van der Waals surface area contributed by atoms with E-state index in [2.05, 4.69) is 4.98 Å². The molecule has 0 amide bonds. The number of carbonyl (C=O) groups is 1. The van der Waals surface area contributed by atoms with Gasteiger partial charge in [0, 0.05) is 12.3 Å². The molecule has 1 aromatic heterocycles. The van der Waals surface area contributed by atoms with Gasteiger partial charge in [-0.1, -0.05) is 17.7 Å². The highest BCUT2D eigenvalue weighted by Crippen LogP contribution is 2.42. The zero-order chi connectivity index (χ0) is 20.8. The minimum absolute atomic E-state index is 0.0675. The fraction of sp³-hybridized carbons (Fsp3) is 0.450. The number of esters is 1. The van der Waals surface area contributed by atoms with Crippen molar-refractivity contribution in [3.63, 3.8) is 0 Å². The Labute approximate surface area is 166 Å². The molecule has 9 heteroatoms.